The number of hydrogen-bond donors (Lipinski definition) is 0. The zero-order chi connectivity index (χ0) is 36.5. The van der Waals surface area contributed by atoms with Crippen LogP contribution in [0.25, 0.3) is 0 Å². The second kappa shape index (κ2) is 16.3. The molecule has 0 aromatic heterocycles. The monoisotopic (exact) mass is 700 g/mol. The van der Waals surface area contributed by atoms with Gasteiger partial charge < -0.3 is 14.6 Å². The highest BCUT2D eigenvalue weighted by Crippen LogP contribution is 2.35. The fraction of sp³-hybridized carbons (Fsp3) is 0.103. The van der Waals surface area contributed by atoms with Gasteiger partial charge in [0.25, 0.3) is 5.69 Å². The number of nitro benzene ring substituents is 1. The third-order valence-corrected chi connectivity index (χ3v) is 8.51. The Hall–Kier alpha value is -6.40. The summed E-state index contributed by atoms with van der Waals surface area (Å²) in [6.07, 6.45) is 0. The van der Waals surface area contributed by atoms with Gasteiger partial charge in [0.1, 0.15) is 0 Å². The summed E-state index contributed by atoms with van der Waals surface area (Å²) < 4.78 is 0. The van der Waals surface area contributed by atoms with Crippen molar-refractivity contribution >= 4 is 63.7 Å². The molecular formula is C39H32N4O7S. The van der Waals surface area contributed by atoms with E-state index >= 15 is 0 Å². The Balaban J connectivity index is 1.39. The van der Waals surface area contributed by atoms with Gasteiger partial charge in [-0.3, -0.25) is 14.9 Å². The highest BCUT2D eigenvalue weighted by Gasteiger charge is 2.16. The molecule has 0 saturated carbocycles. The molecule has 5 aromatic carbocycles. The van der Waals surface area contributed by atoms with E-state index in [1.165, 1.54) is 37.7 Å². The fourth-order valence-electron chi connectivity index (χ4n) is 4.90. The van der Waals surface area contributed by atoms with Gasteiger partial charge in [-0.1, -0.05) is 46.3 Å². The number of carbonyl (C=O) groups is 3. The highest BCUT2D eigenvalue weighted by molar-refractivity contribution is 7.99. The number of nitro groups is 1. The van der Waals surface area contributed by atoms with Crippen LogP contribution in [0, 0.1) is 10.1 Å². The molecule has 0 heterocycles. The Morgan fingerprint density at radius 3 is 1.24 bits per heavy atom. The van der Waals surface area contributed by atoms with Crippen molar-refractivity contribution in [3.8, 4) is 0 Å². The molecule has 0 atom stereocenters. The van der Waals surface area contributed by atoms with Crippen molar-refractivity contribution < 1.29 is 29.0 Å². The molecule has 0 fully saturated rings. The molecular weight excluding hydrogens is 669 g/mol. The van der Waals surface area contributed by atoms with Crippen molar-refractivity contribution in [3.63, 3.8) is 0 Å². The molecule has 0 N–H and O–H groups in total. The lowest BCUT2D eigenvalue weighted by molar-refractivity contribution is -0.384. The minimum absolute atomic E-state index is 0.0290. The van der Waals surface area contributed by atoms with Crippen LogP contribution in [-0.4, -0.2) is 34.1 Å². The average molecular weight is 701 g/mol. The molecule has 0 aliphatic heterocycles. The van der Waals surface area contributed by atoms with E-state index in [2.05, 4.69) is 10.3 Å². The van der Waals surface area contributed by atoms with Gasteiger partial charge in [0.15, 0.2) is 5.78 Å². The van der Waals surface area contributed by atoms with Crippen molar-refractivity contribution in [2.45, 2.75) is 37.5 Å². The number of carbonyl (C=O) groups excluding carboxylic acids is 3. The molecule has 0 spiro atoms. The van der Waals surface area contributed by atoms with Crippen LogP contribution in [0.5, 0.6) is 0 Å². The first-order valence-electron chi connectivity index (χ1n) is 15.6. The third kappa shape index (κ3) is 9.40. The summed E-state index contributed by atoms with van der Waals surface area (Å²) >= 11 is 1.44. The molecule has 5 aromatic rings. The average Bonchev–Trinajstić information content (AvgIpc) is 3.14. The van der Waals surface area contributed by atoms with Gasteiger partial charge in [-0.05, 0) is 110 Å². The molecule has 51 heavy (non-hydrogen) atoms. The largest absolute Gasteiger partial charge is 0.331 e. The minimum Gasteiger partial charge on any atom is -0.318 e. The topological polar surface area (TPSA) is 141 Å². The van der Waals surface area contributed by atoms with Crippen LogP contribution < -0.4 is 4.90 Å². The SMILES string of the molecule is CC(=O)ON=C(C)c1ccc(N(c2ccc(C(=O)c3ccc(Sc4ccc([N+](=O)[O-])cc4)cc3)cc2)c2ccc(C(C)=NOC(C)=O)cc2)cc1. The number of hydrogen-bond acceptors (Lipinski definition) is 11. The second-order valence-electron chi connectivity index (χ2n) is 11.2. The van der Waals surface area contributed by atoms with Crippen LogP contribution in [0.1, 0.15) is 54.7 Å². The molecule has 11 nitrogen and oxygen atoms in total. The summed E-state index contributed by atoms with van der Waals surface area (Å²) in [5.74, 6) is -1.16. The summed E-state index contributed by atoms with van der Waals surface area (Å²) in [5.41, 5.74) is 6.10. The molecule has 5 rings (SSSR count). The molecule has 0 amide bonds. The molecule has 0 radical (unpaired) electrons. The van der Waals surface area contributed by atoms with Crippen molar-refractivity contribution in [1.29, 1.82) is 0 Å². The number of non-ortho nitro benzene ring substituents is 1. The van der Waals surface area contributed by atoms with Crippen molar-refractivity contribution in [1.82, 2.24) is 0 Å². The molecule has 0 aliphatic carbocycles. The summed E-state index contributed by atoms with van der Waals surface area (Å²) in [7, 11) is 0. The Morgan fingerprint density at radius 1 is 0.549 bits per heavy atom. The van der Waals surface area contributed by atoms with E-state index in [0.29, 0.717) is 22.6 Å². The van der Waals surface area contributed by atoms with Gasteiger partial charge in [0.05, 0.1) is 16.3 Å². The van der Waals surface area contributed by atoms with Crippen LogP contribution in [0.2, 0.25) is 0 Å². The molecule has 0 saturated heterocycles. The fourth-order valence-corrected chi connectivity index (χ4v) is 5.71. The zero-order valence-electron chi connectivity index (χ0n) is 28.1. The van der Waals surface area contributed by atoms with Gasteiger partial charge in [0.2, 0.25) is 0 Å². The Kier molecular flexibility index (Phi) is 11.5. The maximum Gasteiger partial charge on any atom is 0.331 e. The summed E-state index contributed by atoms with van der Waals surface area (Å²) in [4.78, 5) is 59.7. The normalized spacial score (nSPS) is 11.5. The first-order valence-corrected chi connectivity index (χ1v) is 16.4. The van der Waals surface area contributed by atoms with Gasteiger partial charge in [-0.15, -0.1) is 0 Å². The van der Waals surface area contributed by atoms with Crippen LogP contribution in [-0.2, 0) is 19.3 Å². The van der Waals surface area contributed by atoms with Crippen LogP contribution in [0.4, 0.5) is 22.7 Å². The summed E-state index contributed by atoms with van der Waals surface area (Å²) in [6.45, 7) is 6.06. The standard InChI is InChI=1S/C39H32N4O7S/c1-25(40-49-27(3)44)29-5-13-33(14-6-29)42(34-15-7-30(8-16-34)26(2)41-50-28(4)45)35-17-9-31(10-18-35)39(46)32-11-21-37(22-12-32)51-38-23-19-36(20-24-38)43(47)48/h5-24H,1-4H3. The molecule has 0 unspecified atom stereocenters. The summed E-state index contributed by atoms with van der Waals surface area (Å²) in [6, 6.07) is 36.0. The third-order valence-electron chi connectivity index (χ3n) is 7.50. The van der Waals surface area contributed by atoms with Gasteiger partial charge in [-0.2, -0.15) is 0 Å². The predicted molar refractivity (Wildman–Crippen MR) is 196 cm³/mol. The van der Waals surface area contributed by atoms with E-state index in [4.69, 9.17) is 9.68 Å². The van der Waals surface area contributed by atoms with E-state index in [1.807, 2.05) is 77.7 Å². The first-order chi connectivity index (χ1) is 24.5. The Labute approximate surface area is 298 Å². The van der Waals surface area contributed by atoms with E-state index < -0.39 is 16.9 Å². The Bertz CT molecular complexity index is 2040. The van der Waals surface area contributed by atoms with E-state index in [0.717, 1.165) is 38.0 Å². The number of rotatable bonds is 12. The Morgan fingerprint density at radius 2 is 0.882 bits per heavy atom. The van der Waals surface area contributed by atoms with Crippen LogP contribution in [0.15, 0.2) is 141 Å². The molecule has 0 aliphatic rings. The number of nitrogens with zero attached hydrogens (tertiary/aromatic N) is 4. The summed E-state index contributed by atoms with van der Waals surface area (Å²) in [5, 5.41) is 18.7. The lowest BCUT2D eigenvalue weighted by Crippen LogP contribution is -2.11. The smallest absolute Gasteiger partial charge is 0.318 e. The number of ketones is 1. The highest BCUT2D eigenvalue weighted by atomic mass is 32.2. The van der Waals surface area contributed by atoms with Crippen LogP contribution in [0.3, 0.4) is 0 Å². The lowest BCUT2D eigenvalue weighted by atomic mass is 10.0. The number of benzene rings is 5. The van der Waals surface area contributed by atoms with Crippen molar-refractivity contribution in [2.24, 2.45) is 10.3 Å². The van der Waals surface area contributed by atoms with E-state index in [9.17, 15) is 24.5 Å². The van der Waals surface area contributed by atoms with Crippen LogP contribution >= 0.6 is 11.8 Å². The van der Waals surface area contributed by atoms with E-state index in [1.54, 1.807) is 50.2 Å². The van der Waals surface area contributed by atoms with Crippen molar-refractivity contribution in [3.05, 3.63) is 154 Å². The minimum atomic E-state index is -0.508. The maximum atomic E-state index is 13.5. The first kappa shape index (κ1) is 35.9. The van der Waals surface area contributed by atoms with Crippen molar-refractivity contribution in [2.75, 3.05) is 4.90 Å². The number of oxime groups is 2. The van der Waals surface area contributed by atoms with E-state index in [-0.39, 0.29) is 11.5 Å². The molecule has 12 heteroatoms. The maximum absolute atomic E-state index is 13.5. The quantitative estimate of drug-likeness (QED) is 0.0410. The molecule has 0 bridgehead atoms. The molecule has 256 valence electrons. The number of anilines is 3. The second-order valence-corrected chi connectivity index (χ2v) is 12.3. The zero-order valence-corrected chi connectivity index (χ0v) is 28.9. The van der Waals surface area contributed by atoms with Gasteiger partial charge in [-0.25, -0.2) is 9.59 Å². The van der Waals surface area contributed by atoms with Gasteiger partial charge in [0, 0.05) is 64.0 Å². The predicted octanol–water partition coefficient (Wildman–Crippen LogP) is 9.02. The lowest BCUT2D eigenvalue weighted by Gasteiger charge is -2.26. The van der Waals surface area contributed by atoms with Gasteiger partial charge >= 0.3 is 11.9 Å².